The van der Waals surface area contributed by atoms with E-state index in [1.807, 2.05) is 6.92 Å². The van der Waals surface area contributed by atoms with E-state index in [-0.39, 0.29) is 6.54 Å². The van der Waals surface area contributed by atoms with Gasteiger partial charge >= 0.3 is 5.69 Å². The number of hydrogen-bond acceptors (Lipinski definition) is 4. The third kappa shape index (κ3) is 4.18. The first-order chi connectivity index (χ1) is 14.2. The minimum Gasteiger partial charge on any atom is -0.340 e. The van der Waals surface area contributed by atoms with Crippen LogP contribution in [0.2, 0.25) is 5.02 Å². The van der Waals surface area contributed by atoms with Gasteiger partial charge in [-0.3, -0.25) is 14.2 Å². The molecule has 0 fully saturated rings. The Morgan fingerprint density at radius 3 is 2.43 bits per heavy atom. The average molecular weight is 431 g/mol. The molecule has 0 aliphatic carbocycles. The van der Waals surface area contributed by atoms with Crippen LogP contribution in [-0.2, 0) is 6.54 Å². The molecule has 0 radical (unpaired) electrons. The normalized spacial score (nSPS) is 10.8. The fraction of sp³-hybridized carbons (Fsp3) is 0.238. The lowest BCUT2D eigenvalue weighted by molar-refractivity contribution is 0.0791. The second-order valence-electron chi connectivity index (χ2n) is 6.81. The fourth-order valence-corrected chi connectivity index (χ4v) is 2.94. The summed E-state index contributed by atoms with van der Waals surface area (Å²) in [5.41, 5.74) is -0.300. The smallest absolute Gasteiger partial charge is 0.340 e. The van der Waals surface area contributed by atoms with Gasteiger partial charge in [0, 0.05) is 18.6 Å². The highest BCUT2D eigenvalue weighted by atomic mass is 35.5. The third-order valence-electron chi connectivity index (χ3n) is 4.74. The first-order valence-electron chi connectivity index (χ1n) is 9.23. The third-order valence-corrected chi connectivity index (χ3v) is 5.14. The molecule has 0 bridgehead atoms. The molecule has 0 N–H and O–H groups in total. The van der Waals surface area contributed by atoms with E-state index in [0.717, 1.165) is 14.8 Å². The van der Waals surface area contributed by atoms with E-state index < -0.39 is 28.7 Å². The van der Waals surface area contributed by atoms with Gasteiger partial charge in [-0.25, -0.2) is 9.18 Å². The number of benzene rings is 2. The SMILES string of the molecule is CCN(C)C(=O)c1nn(-c2ccc(C)c(Cl)c2)c(=O)n(Cc2ccc(F)cc2)c1=O. The molecule has 7 nitrogen and oxygen atoms in total. The van der Waals surface area contributed by atoms with E-state index in [2.05, 4.69) is 5.10 Å². The molecule has 3 rings (SSSR count). The molecule has 2 aromatic carbocycles. The van der Waals surface area contributed by atoms with Gasteiger partial charge in [0.2, 0.25) is 5.69 Å². The Labute approximate surface area is 176 Å². The molecular formula is C21H20ClFN4O3. The maximum Gasteiger partial charge on any atom is 0.352 e. The number of aromatic nitrogens is 3. The maximum atomic E-state index is 13.2. The maximum absolute atomic E-state index is 13.2. The zero-order valence-corrected chi connectivity index (χ0v) is 17.5. The van der Waals surface area contributed by atoms with Crippen molar-refractivity contribution >= 4 is 17.5 Å². The monoisotopic (exact) mass is 430 g/mol. The summed E-state index contributed by atoms with van der Waals surface area (Å²) in [5, 5.41) is 4.47. The topological polar surface area (TPSA) is 77.2 Å². The molecule has 0 saturated carbocycles. The summed E-state index contributed by atoms with van der Waals surface area (Å²) >= 11 is 6.18. The highest BCUT2D eigenvalue weighted by Gasteiger charge is 2.22. The summed E-state index contributed by atoms with van der Waals surface area (Å²) in [4.78, 5) is 40.1. The zero-order chi connectivity index (χ0) is 22.0. The number of halogens is 2. The van der Waals surface area contributed by atoms with Crippen LogP contribution in [0.15, 0.2) is 52.1 Å². The molecule has 0 aliphatic heterocycles. The minimum absolute atomic E-state index is 0.143. The standard InChI is InChI=1S/C21H20ClFN4O3/c1-4-25(3)19(28)18-20(29)26(12-14-6-8-15(23)9-7-14)21(30)27(24-18)16-10-5-13(2)17(22)11-16/h5-11H,4,12H2,1-3H3. The van der Waals surface area contributed by atoms with E-state index in [9.17, 15) is 18.8 Å². The predicted molar refractivity (Wildman–Crippen MR) is 112 cm³/mol. The summed E-state index contributed by atoms with van der Waals surface area (Å²) < 4.78 is 15.1. The number of hydrogen-bond donors (Lipinski definition) is 0. The van der Waals surface area contributed by atoms with Gasteiger partial charge < -0.3 is 4.90 Å². The summed E-state index contributed by atoms with van der Waals surface area (Å²) in [5.74, 6) is -1.05. The summed E-state index contributed by atoms with van der Waals surface area (Å²) in [6, 6.07) is 10.3. The van der Waals surface area contributed by atoms with Crippen LogP contribution in [0.4, 0.5) is 4.39 Å². The quantitative estimate of drug-likeness (QED) is 0.623. The van der Waals surface area contributed by atoms with E-state index >= 15 is 0 Å². The average Bonchev–Trinajstić information content (AvgIpc) is 2.73. The Morgan fingerprint density at radius 2 is 1.83 bits per heavy atom. The van der Waals surface area contributed by atoms with Crippen molar-refractivity contribution in [1.29, 1.82) is 0 Å². The highest BCUT2D eigenvalue weighted by molar-refractivity contribution is 6.31. The van der Waals surface area contributed by atoms with Gasteiger partial charge in [-0.2, -0.15) is 9.78 Å². The molecular weight excluding hydrogens is 411 g/mol. The van der Waals surface area contributed by atoms with Crippen LogP contribution in [0.25, 0.3) is 5.69 Å². The Balaban J connectivity index is 2.25. The van der Waals surface area contributed by atoms with Gasteiger partial charge in [0.25, 0.3) is 11.5 Å². The number of nitrogens with zero attached hydrogens (tertiary/aromatic N) is 4. The molecule has 9 heteroatoms. The van der Waals surface area contributed by atoms with Gasteiger partial charge in [-0.05, 0) is 49.2 Å². The van der Waals surface area contributed by atoms with Gasteiger partial charge in [0.05, 0.1) is 12.2 Å². The molecule has 0 spiro atoms. The summed E-state index contributed by atoms with van der Waals surface area (Å²) in [6.45, 7) is 3.78. The molecule has 0 saturated heterocycles. The zero-order valence-electron chi connectivity index (χ0n) is 16.7. The number of carbonyl (C=O) groups excluding carboxylic acids is 1. The van der Waals surface area contributed by atoms with Crippen LogP contribution >= 0.6 is 11.6 Å². The van der Waals surface area contributed by atoms with Gasteiger partial charge in [0.15, 0.2) is 0 Å². The predicted octanol–water partition coefficient (Wildman–Crippen LogP) is 2.64. The van der Waals surface area contributed by atoms with Crippen LogP contribution in [0.1, 0.15) is 28.5 Å². The van der Waals surface area contributed by atoms with Crippen LogP contribution in [0, 0.1) is 12.7 Å². The van der Waals surface area contributed by atoms with E-state index in [1.165, 1.54) is 42.3 Å². The number of rotatable bonds is 5. The fourth-order valence-electron chi connectivity index (χ4n) is 2.77. The molecule has 156 valence electrons. The molecule has 1 heterocycles. The lowest BCUT2D eigenvalue weighted by atomic mass is 10.2. The van der Waals surface area contributed by atoms with Gasteiger partial charge in [0.1, 0.15) is 5.82 Å². The van der Waals surface area contributed by atoms with Crippen LogP contribution in [-0.4, -0.2) is 38.7 Å². The van der Waals surface area contributed by atoms with Crippen LogP contribution in [0.5, 0.6) is 0 Å². The Morgan fingerprint density at radius 1 is 1.17 bits per heavy atom. The molecule has 3 aromatic rings. The van der Waals surface area contributed by atoms with Gasteiger partial charge in [-0.15, -0.1) is 0 Å². The van der Waals surface area contributed by atoms with E-state index in [1.54, 1.807) is 19.1 Å². The van der Waals surface area contributed by atoms with E-state index in [0.29, 0.717) is 22.8 Å². The minimum atomic E-state index is -0.816. The number of aryl methyl sites for hydroxylation is 1. The largest absolute Gasteiger partial charge is 0.352 e. The lowest BCUT2D eigenvalue weighted by Crippen LogP contribution is -2.46. The Kier molecular flexibility index (Phi) is 6.17. The molecule has 0 unspecified atom stereocenters. The lowest BCUT2D eigenvalue weighted by Gasteiger charge is -2.16. The molecule has 0 aliphatic rings. The van der Waals surface area contributed by atoms with Crippen molar-refractivity contribution < 1.29 is 9.18 Å². The van der Waals surface area contributed by atoms with Crippen molar-refractivity contribution in [3.63, 3.8) is 0 Å². The van der Waals surface area contributed by atoms with Crippen molar-refractivity contribution in [2.24, 2.45) is 0 Å². The van der Waals surface area contributed by atoms with Crippen molar-refractivity contribution in [3.05, 3.63) is 91.0 Å². The number of carbonyl (C=O) groups is 1. The highest BCUT2D eigenvalue weighted by Crippen LogP contribution is 2.18. The Hall–Kier alpha value is -3.26. The van der Waals surface area contributed by atoms with E-state index in [4.69, 9.17) is 11.6 Å². The Bertz CT molecular complexity index is 1220. The second kappa shape index (κ2) is 8.62. The van der Waals surface area contributed by atoms with Crippen LogP contribution in [0.3, 0.4) is 0 Å². The molecule has 30 heavy (non-hydrogen) atoms. The van der Waals surface area contributed by atoms with Crippen molar-refractivity contribution in [2.75, 3.05) is 13.6 Å². The first kappa shape index (κ1) is 21.4. The molecule has 1 aromatic heterocycles. The van der Waals surface area contributed by atoms with Crippen molar-refractivity contribution in [1.82, 2.24) is 19.2 Å². The summed E-state index contributed by atoms with van der Waals surface area (Å²) in [6.07, 6.45) is 0. The molecule has 1 amide bonds. The molecule has 0 atom stereocenters. The van der Waals surface area contributed by atoms with Crippen molar-refractivity contribution in [2.45, 2.75) is 20.4 Å². The number of amides is 1. The first-order valence-corrected chi connectivity index (χ1v) is 9.61. The summed E-state index contributed by atoms with van der Waals surface area (Å²) in [7, 11) is 1.53. The van der Waals surface area contributed by atoms with Crippen LogP contribution < -0.4 is 11.2 Å². The van der Waals surface area contributed by atoms with Gasteiger partial charge in [-0.1, -0.05) is 29.8 Å². The second-order valence-corrected chi connectivity index (χ2v) is 7.22. The van der Waals surface area contributed by atoms with Crippen molar-refractivity contribution in [3.8, 4) is 5.69 Å².